The molecule has 18 heavy (non-hydrogen) atoms. The van der Waals surface area contributed by atoms with E-state index in [-0.39, 0.29) is 5.91 Å². The minimum Gasteiger partial charge on any atom is -0.387 e. The molecular formula is C12H22N4O2. The van der Waals surface area contributed by atoms with E-state index in [0.717, 1.165) is 12.8 Å². The number of aromatic nitrogens is 3. The van der Waals surface area contributed by atoms with Gasteiger partial charge in [0, 0.05) is 6.54 Å². The summed E-state index contributed by atoms with van der Waals surface area (Å²) in [5.74, 6) is -0.0779. The van der Waals surface area contributed by atoms with Gasteiger partial charge in [-0.15, -0.1) is 5.10 Å². The van der Waals surface area contributed by atoms with Crippen LogP contribution in [0, 0.1) is 0 Å². The van der Waals surface area contributed by atoms with E-state index in [1.807, 2.05) is 6.92 Å². The molecule has 0 aliphatic rings. The van der Waals surface area contributed by atoms with Crippen LogP contribution in [0.15, 0.2) is 6.20 Å². The maximum absolute atomic E-state index is 11.8. The van der Waals surface area contributed by atoms with Crippen molar-refractivity contribution in [3.8, 4) is 0 Å². The summed E-state index contributed by atoms with van der Waals surface area (Å²) in [7, 11) is 0. The summed E-state index contributed by atoms with van der Waals surface area (Å²) in [6, 6.07) is -0.410. The van der Waals surface area contributed by atoms with E-state index in [4.69, 9.17) is 0 Å². The van der Waals surface area contributed by atoms with E-state index < -0.39 is 12.1 Å². The number of amides is 1. The van der Waals surface area contributed by atoms with Crippen molar-refractivity contribution in [2.45, 2.75) is 52.2 Å². The summed E-state index contributed by atoms with van der Waals surface area (Å²) in [5, 5.41) is 20.2. The van der Waals surface area contributed by atoms with Gasteiger partial charge < -0.3 is 10.4 Å². The largest absolute Gasteiger partial charge is 0.387 e. The number of rotatable bonds is 7. The monoisotopic (exact) mass is 254 g/mol. The van der Waals surface area contributed by atoms with Crippen LogP contribution in [0.4, 0.5) is 0 Å². The first-order valence-electron chi connectivity index (χ1n) is 6.47. The lowest BCUT2D eigenvalue weighted by molar-refractivity contribution is -0.124. The highest BCUT2D eigenvalue weighted by molar-refractivity contribution is 5.79. The molecule has 1 amide bonds. The van der Waals surface area contributed by atoms with E-state index in [9.17, 15) is 9.90 Å². The van der Waals surface area contributed by atoms with Crippen molar-refractivity contribution in [3.05, 3.63) is 11.9 Å². The number of hydrogen-bond acceptors (Lipinski definition) is 4. The van der Waals surface area contributed by atoms with Crippen LogP contribution < -0.4 is 5.32 Å². The number of hydrogen-bond donors (Lipinski definition) is 2. The molecule has 0 fully saturated rings. The quantitative estimate of drug-likeness (QED) is 0.716. The van der Waals surface area contributed by atoms with Crippen LogP contribution in [0.5, 0.6) is 0 Å². The van der Waals surface area contributed by atoms with Crippen LogP contribution in [0.2, 0.25) is 0 Å². The van der Waals surface area contributed by atoms with Crippen molar-refractivity contribution in [1.82, 2.24) is 20.3 Å². The molecule has 6 nitrogen and oxygen atoms in total. The third-order valence-corrected chi connectivity index (χ3v) is 2.86. The smallest absolute Gasteiger partial charge is 0.244 e. The molecule has 0 aliphatic carbocycles. The Hall–Kier alpha value is -1.43. The first-order chi connectivity index (χ1) is 8.60. The van der Waals surface area contributed by atoms with Crippen LogP contribution in [0.1, 0.15) is 57.9 Å². The van der Waals surface area contributed by atoms with E-state index >= 15 is 0 Å². The highest BCUT2D eigenvalue weighted by Gasteiger charge is 2.18. The Labute approximate surface area is 107 Å². The fourth-order valence-electron chi connectivity index (χ4n) is 1.50. The summed E-state index contributed by atoms with van der Waals surface area (Å²) in [4.78, 5) is 11.8. The van der Waals surface area contributed by atoms with Crippen molar-refractivity contribution in [2.24, 2.45) is 0 Å². The fraction of sp³-hybridized carbons (Fsp3) is 0.750. The molecule has 1 aromatic rings. The van der Waals surface area contributed by atoms with Crippen LogP contribution in [-0.4, -0.2) is 32.6 Å². The van der Waals surface area contributed by atoms with Gasteiger partial charge in [0.05, 0.1) is 12.3 Å². The Balaban J connectivity index is 2.57. The number of unbranched alkanes of at least 4 members (excludes halogenated alkanes) is 1. The Kier molecular flexibility index (Phi) is 5.77. The molecule has 0 aliphatic heterocycles. The highest BCUT2D eigenvalue weighted by atomic mass is 16.3. The second-order valence-electron chi connectivity index (χ2n) is 4.37. The summed E-state index contributed by atoms with van der Waals surface area (Å²) in [6.45, 7) is 6.38. The molecule has 1 heterocycles. The molecule has 0 spiro atoms. The topological polar surface area (TPSA) is 80.0 Å². The maximum Gasteiger partial charge on any atom is 0.244 e. The van der Waals surface area contributed by atoms with Gasteiger partial charge in [-0.25, -0.2) is 4.68 Å². The number of carbonyl (C=O) groups excluding carboxylic acids is 1. The molecule has 2 N–H and O–H groups in total. The molecule has 0 radical (unpaired) electrons. The van der Waals surface area contributed by atoms with Gasteiger partial charge in [-0.05, 0) is 19.8 Å². The molecule has 2 atom stereocenters. The SMILES string of the molecule is CCCCNC(=O)C(C)n1cc(C(O)CC)nn1. The van der Waals surface area contributed by atoms with Crippen molar-refractivity contribution in [1.29, 1.82) is 0 Å². The van der Waals surface area contributed by atoms with E-state index in [2.05, 4.69) is 22.6 Å². The van der Waals surface area contributed by atoms with E-state index in [1.54, 1.807) is 13.1 Å². The van der Waals surface area contributed by atoms with Gasteiger partial charge in [0.15, 0.2) is 0 Å². The number of nitrogens with zero attached hydrogens (tertiary/aromatic N) is 3. The zero-order valence-electron chi connectivity index (χ0n) is 11.3. The zero-order chi connectivity index (χ0) is 13.5. The second-order valence-corrected chi connectivity index (χ2v) is 4.37. The van der Waals surface area contributed by atoms with Crippen LogP contribution >= 0.6 is 0 Å². The lowest BCUT2D eigenvalue weighted by Gasteiger charge is -2.11. The average Bonchev–Trinajstić information content (AvgIpc) is 2.86. The number of aliphatic hydroxyl groups is 1. The predicted octanol–water partition coefficient (Wildman–Crippen LogP) is 1.20. The lowest BCUT2D eigenvalue weighted by Crippen LogP contribution is -2.31. The molecule has 0 saturated carbocycles. The standard InChI is InChI=1S/C12H22N4O2/c1-4-6-7-13-12(18)9(3)16-8-10(14-15-16)11(17)5-2/h8-9,11,17H,4-7H2,1-3H3,(H,13,18). The number of aliphatic hydroxyl groups excluding tert-OH is 1. The normalized spacial score (nSPS) is 14.2. The molecule has 1 rings (SSSR count). The minimum absolute atomic E-state index is 0.0779. The van der Waals surface area contributed by atoms with Crippen molar-refractivity contribution < 1.29 is 9.90 Å². The molecule has 102 valence electrons. The second kappa shape index (κ2) is 7.10. The van der Waals surface area contributed by atoms with Crippen LogP contribution in [-0.2, 0) is 4.79 Å². The lowest BCUT2D eigenvalue weighted by atomic mass is 10.2. The van der Waals surface area contributed by atoms with Gasteiger partial charge in [0.1, 0.15) is 11.7 Å². The number of carbonyl (C=O) groups is 1. The van der Waals surface area contributed by atoms with Gasteiger partial charge in [-0.1, -0.05) is 25.5 Å². The Morgan fingerprint density at radius 1 is 1.56 bits per heavy atom. The van der Waals surface area contributed by atoms with Gasteiger partial charge in [0.2, 0.25) is 5.91 Å². The van der Waals surface area contributed by atoms with Gasteiger partial charge >= 0.3 is 0 Å². The van der Waals surface area contributed by atoms with Gasteiger partial charge in [-0.2, -0.15) is 0 Å². The summed E-state index contributed by atoms with van der Waals surface area (Å²) < 4.78 is 1.48. The van der Waals surface area contributed by atoms with E-state index in [1.165, 1.54) is 4.68 Å². The molecule has 6 heteroatoms. The molecule has 1 aromatic heterocycles. The minimum atomic E-state index is -0.617. The summed E-state index contributed by atoms with van der Waals surface area (Å²) >= 11 is 0. The molecular weight excluding hydrogens is 232 g/mol. The Bertz CT molecular complexity index is 378. The first-order valence-corrected chi connectivity index (χ1v) is 6.47. The maximum atomic E-state index is 11.8. The highest BCUT2D eigenvalue weighted by Crippen LogP contribution is 2.14. The summed E-state index contributed by atoms with van der Waals surface area (Å²) in [5.41, 5.74) is 0.505. The first kappa shape index (κ1) is 14.6. The zero-order valence-corrected chi connectivity index (χ0v) is 11.3. The van der Waals surface area contributed by atoms with Crippen LogP contribution in [0.3, 0.4) is 0 Å². The Morgan fingerprint density at radius 3 is 2.89 bits per heavy atom. The third kappa shape index (κ3) is 3.80. The summed E-state index contributed by atoms with van der Waals surface area (Å²) in [6.07, 6.45) is 3.60. The van der Waals surface area contributed by atoms with Gasteiger partial charge in [-0.3, -0.25) is 4.79 Å². The van der Waals surface area contributed by atoms with Crippen molar-refractivity contribution in [3.63, 3.8) is 0 Å². The van der Waals surface area contributed by atoms with Gasteiger partial charge in [0.25, 0.3) is 0 Å². The average molecular weight is 254 g/mol. The predicted molar refractivity (Wildman–Crippen MR) is 67.9 cm³/mol. The van der Waals surface area contributed by atoms with Crippen molar-refractivity contribution in [2.75, 3.05) is 6.54 Å². The van der Waals surface area contributed by atoms with Crippen LogP contribution in [0.25, 0.3) is 0 Å². The molecule has 0 aromatic carbocycles. The Morgan fingerprint density at radius 2 is 2.28 bits per heavy atom. The van der Waals surface area contributed by atoms with Crippen molar-refractivity contribution >= 4 is 5.91 Å². The molecule has 0 saturated heterocycles. The fourth-order valence-corrected chi connectivity index (χ4v) is 1.50. The van der Waals surface area contributed by atoms with E-state index in [0.29, 0.717) is 18.7 Å². The third-order valence-electron chi connectivity index (χ3n) is 2.86. The number of nitrogens with one attached hydrogen (secondary N) is 1. The molecule has 2 unspecified atom stereocenters. The molecule has 0 bridgehead atoms.